The molecule has 16 heavy (non-hydrogen) atoms. The summed E-state index contributed by atoms with van der Waals surface area (Å²) in [5, 5.41) is 0. The highest BCUT2D eigenvalue weighted by Crippen LogP contribution is 2.26. The fourth-order valence-corrected chi connectivity index (χ4v) is 2.55. The fourth-order valence-electron chi connectivity index (χ4n) is 2.45. The van der Waals surface area contributed by atoms with E-state index < -0.39 is 0 Å². The molecule has 0 bridgehead atoms. The van der Waals surface area contributed by atoms with Crippen molar-refractivity contribution in [3.05, 3.63) is 0 Å². The van der Waals surface area contributed by atoms with Gasteiger partial charge in [0, 0.05) is 17.5 Å². The van der Waals surface area contributed by atoms with Crippen LogP contribution in [-0.4, -0.2) is 28.5 Å². The zero-order valence-corrected chi connectivity index (χ0v) is 11.9. The minimum Gasteiger partial charge on any atom is -0.393 e. The van der Waals surface area contributed by atoms with Gasteiger partial charge in [0.15, 0.2) is 0 Å². The standard InChI is InChI=1S/C13H26N2S/c1-10-6-5-7-11(2)15(10)9-8-13(3,4)12(14)16/h10-11H,5-9H2,1-4H3,(H2,14,16). The molecule has 0 aromatic carbocycles. The summed E-state index contributed by atoms with van der Waals surface area (Å²) in [6.45, 7) is 10.1. The first-order valence-corrected chi connectivity index (χ1v) is 6.81. The number of thiocarbonyl (C=S) groups is 1. The summed E-state index contributed by atoms with van der Waals surface area (Å²) in [6.07, 6.45) is 5.10. The molecule has 1 heterocycles. The molecule has 1 fully saturated rings. The largest absolute Gasteiger partial charge is 0.393 e. The molecule has 1 saturated heterocycles. The van der Waals surface area contributed by atoms with Gasteiger partial charge in [-0.3, -0.25) is 4.90 Å². The van der Waals surface area contributed by atoms with Gasteiger partial charge in [0.1, 0.15) is 0 Å². The molecule has 1 aliphatic heterocycles. The molecule has 2 N–H and O–H groups in total. The van der Waals surface area contributed by atoms with Crippen LogP contribution in [0.1, 0.15) is 53.4 Å². The second-order valence-corrected chi connectivity index (χ2v) is 6.30. The minimum atomic E-state index is -0.00772. The van der Waals surface area contributed by atoms with Crippen LogP contribution in [0, 0.1) is 5.41 Å². The highest BCUT2D eigenvalue weighted by atomic mass is 32.1. The Labute approximate surface area is 106 Å². The van der Waals surface area contributed by atoms with Gasteiger partial charge < -0.3 is 5.73 Å². The monoisotopic (exact) mass is 242 g/mol. The Bertz CT molecular complexity index is 240. The van der Waals surface area contributed by atoms with Crippen molar-refractivity contribution in [2.24, 2.45) is 11.1 Å². The van der Waals surface area contributed by atoms with Gasteiger partial charge in [0.05, 0.1) is 4.99 Å². The lowest BCUT2D eigenvalue weighted by Crippen LogP contribution is -2.46. The van der Waals surface area contributed by atoms with E-state index in [0.29, 0.717) is 17.1 Å². The summed E-state index contributed by atoms with van der Waals surface area (Å²) in [7, 11) is 0. The van der Waals surface area contributed by atoms with Gasteiger partial charge in [0.2, 0.25) is 0 Å². The van der Waals surface area contributed by atoms with Crippen LogP contribution in [-0.2, 0) is 0 Å². The first-order valence-electron chi connectivity index (χ1n) is 6.40. The van der Waals surface area contributed by atoms with Crippen molar-refractivity contribution in [1.82, 2.24) is 4.90 Å². The fraction of sp³-hybridized carbons (Fsp3) is 0.923. The van der Waals surface area contributed by atoms with Crippen molar-refractivity contribution in [3.8, 4) is 0 Å². The number of hydrogen-bond donors (Lipinski definition) is 1. The van der Waals surface area contributed by atoms with E-state index in [4.69, 9.17) is 18.0 Å². The summed E-state index contributed by atoms with van der Waals surface area (Å²) in [5.41, 5.74) is 5.76. The Morgan fingerprint density at radius 2 is 1.81 bits per heavy atom. The zero-order valence-electron chi connectivity index (χ0n) is 11.1. The average molecular weight is 242 g/mol. The third-order valence-corrected chi connectivity index (χ3v) is 4.59. The van der Waals surface area contributed by atoms with Crippen LogP contribution in [0.3, 0.4) is 0 Å². The molecule has 2 unspecified atom stereocenters. The summed E-state index contributed by atoms with van der Waals surface area (Å²) in [4.78, 5) is 3.26. The predicted molar refractivity (Wildman–Crippen MR) is 74.7 cm³/mol. The van der Waals surface area contributed by atoms with Gasteiger partial charge in [-0.15, -0.1) is 0 Å². The molecule has 0 aromatic heterocycles. The van der Waals surface area contributed by atoms with E-state index in [2.05, 4.69) is 32.6 Å². The maximum absolute atomic E-state index is 5.77. The number of nitrogens with zero attached hydrogens (tertiary/aromatic N) is 1. The van der Waals surface area contributed by atoms with Crippen LogP contribution in [0.5, 0.6) is 0 Å². The first-order chi connectivity index (χ1) is 7.34. The highest BCUT2D eigenvalue weighted by molar-refractivity contribution is 7.80. The van der Waals surface area contributed by atoms with Gasteiger partial charge in [0.25, 0.3) is 0 Å². The van der Waals surface area contributed by atoms with Crippen molar-refractivity contribution in [3.63, 3.8) is 0 Å². The number of hydrogen-bond acceptors (Lipinski definition) is 2. The topological polar surface area (TPSA) is 29.3 Å². The normalized spacial score (nSPS) is 28.0. The van der Waals surface area contributed by atoms with Crippen molar-refractivity contribution in [1.29, 1.82) is 0 Å². The van der Waals surface area contributed by atoms with Crippen molar-refractivity contribution in [2.75, 3.05) is 6.54 Å². The Balaban J connectivity index is 2.50. The smallest absolute Gasteiger partial charge is 0.0784 e. The number of likely N-dealkylation sites (tertiary alicyclic amines) is 1. The van der Waals surface area contributed by atoms with Crippen LogP contribution in [0.2, 0.25) is 0 Å². The maximum atomic E-state index is 5.77. The molecule has 0 amide bonds. The van der Waals surface area contributed by atoms with E-state index in [1.165, 1.54) is 19.3 Å². The molecule has 0 saturated carbocycles. The number of rotatable bonds is 4. The third-order valence-electron chi connectivity index (χ3n) is 4.04. The van der Waals surface area contributed by atoms with Gasteiger partial charge in [-0.05, 0) is 39.7 Å². The molecule has 0 aliphatic carbocycles. The molecule has 3 heteroatoms. The molecule has 0 aromatic rings. The lowest BCUT2D eigenvalue weighted by atomic mass is 9.88. The highest BCUT2D eigenvalue weighted by Gasteiger charge is 2.28. The van der Waals surface area contributed by atoms with Crippen LogP contribution >= 0.6 is 12.2 Å². The molecule has 0 radical (unpaired) electrons. The first kappa shape index (κ1) is 13.9. The summed E-state index contributed by atoms with van der Waals surface area (Å²) < 4.78 is 0. The molecule has 94 valence electrons. The molecule has 2 nitrogen and oxygen atoms in total. The zero-order chi connectivity index (χ0) is 12.3. The van der Waals surface area contributed by atoms with Gasteiger partial charge in [-0.25, -0.2) is 0 Å². The average Bonchev–Trinajstić information content (AvgIpc) is 2.16. The van der Waals surface area contributed by atoms with Crippen LogP contribution < -0.4 is 5.73 Å². The molecule has 1 aliphatic rings. The van der Waals surface area contributed by atoms with E-state index >= 15 is 0 Å². The summed E-state index contributed by atoms with van der Waals surface area (Å²) in [5.74, 6) is 0. The van der Waals surface area contributed by atoms with Gasteiger partial charge in [-0.1, -0.05) is 32.5 Å². The Morgan fingerprint density at radius 1 is 1.31 bits per heavy atom. The number of piperidine rings is 1. The van der Waals surface area contributed by atoms with Crippen LogP contribution in [0.25, 0.3) is 0 Å². The summed E-state index contributed by atoms with van der Waals surface area (Å²) >= 11 is 5.12. The van der Waals surface area contributed by atoms with E-state index in [9.17, 15) is 0 Å². The molecular formula is C13H26N2S. The summed E-state index contributed by atoms with van der Waals surface area (Å²) in [6, 6.07) is 1.43. The van der Waals surface area contributed by atoms with E-state index in [-0.39, 0.29) is 5.41 Å². The van der Waals surface area contributed by atoms with E-state index in [0.717, 1.165) is 13.0 Å². The molecule has 1 rings (SSSR count). The van der Waals surface area contributed by atoms with Crippen molar-refractivity contribution < 1.29 is 0 Å². The second-order valence-electron chi connectivity index (χ2n) is 5.86. The van der Waals surface area contributed by atoms with E-state index in [1.807, 2.05) is 0 Å². The van der Waals surface area contributed by atoms with Crippen LogP contribution in [0.15, 0.2) is 0 Å². The molecule has 0 spiro atoms. The number of nitrogens with two attached hydrogens (primary N) is 1. The lowest BCUT2D eigenvalue weighted by molar-refractivity contribution is 0.0942. The maximum Gasteiger partial charge on any atom is 0.0784 e. The molecule has 2 atom stereocenters. The Kier molecular flexibility index (Phi) is 4.74. The third kappa shape index (κ3) is 3.42. The van der Waals surface area contributed by atoms with Gasteiger partial charge in [-0.2, -0.15) is 0 Å². The van der Waals surface area contributed by atoms with Crippen LogP contribution in [0.4, 0.5) is 0 Å². The molecular weight excluding hydrogens is 216 g/mol. The minimum absolute atomic E-state index is 0.00772. The lowest BCUT2D eigenvalue weighted by Gasteiger charge is -2.40. The van der Waals surface area contributed by atoms with Crippen molar-refractivity contribution >= 4 is 17.2 Å². The SMILES string of the molecule is CC1CCCC(C)N1CCC(C)(C)C(N)=S. The quantitative estimate of drug-likeness (QED) is 0.769. The van der Waals surface area contributed by atoms with Gasteiger partial charge >= 0.3 is 0 Å². The van der Waals surface area contributed by atoms with Crippen molar-refractivity contribution in [2.45, 2.75) is 65.5 Å². The Morgan fingerprint density at radius 3 is 2.25 bits per heavy atom. The predicted octanol–water partition coefficient (Wildman–Crippen LogP) is 2.95. The van der Waals surface area contributed by atoms with E-state index in [1.54, 1.807) is 0 Å². The Hall–Kier alpha value is -0.150. The second kappa shape index (κ2) is 5.46.